The van der Waals surface area contributed by atoms with Crippen LogP contribution in [0.2, 0.25) is 0 Å². The lowest BCUT2D eigenvalue weighted by Gasteiger charge is -2.13. The molecule has 0 aliphatic carbocycles. The van der Waals surface area contributed by atoms with Crippen LogP contribution in [0.5, 0.6) is 5.75 Å². The topological polar surface area (TPSA) is 48.1 Å². The fourth-order valence-electron chi connectivity index (χ4n) is 1.47. The maximum atomic E-state index is 13.1. The summed E-state index contributed by atoms with van der Waals surface area (Å²) < 4.78 is 18.7. The Morgan fingerprint density at radius 3 is 3.00 bits per heavy atom. The maximum Gasteiger partial charge on any atom is 0.124 e. The summed E-state index contributed by atoms with van der Waals surface area (Å²) in [7, 11) is 0. The number of thiazole rings is 1. The van der Waals surface area contributed by atoms with Crippen LogP contribution in [0.15, 0.2) is 29.9 Å². The first-order valence-corrected chi connectivity index (χ1v) is 6.10. The molecule has 90 valence electrons. The molecule has 0 fully saturated rings. The van der Waals surface area contributed by atoms with Gasteiger partial charge >= 0.3 is 0 Å². The minimum absolute atomic E-state index is 0.262. The van der Waals surface area contributed by atoms with Gasteiger partial charge in [-0.15, -0.1) is 11.3 Å². The average Bonchev–Trinajstić information content (AvgIpc) is 2.80. The standard InChI is InChI=1S/C12H13FN2OS/c1-8(14)11-4-9(13)2-3-12(11)16-6-10-5-15-7-17-10/h2-5,7-8H,6,14H2,1H3/t8-/m0/s1. The third kappa shape index (κ3) is 3.01. The normalized spacial score (nSPS) is 12.4. The van der Waals surface area contributed by atoms with Gasteiger partial charge in [-0.3, -0.25) is 4.98 Å². The van der Waals surface area contributed by atoms with Crippen molar-refractivity contribution >= 4 is 11.3 Å². The molecule has 17 heavy (non-hydrogen) atoms. The molecule has 1 aromatic heterocycles. The van der Waals surface area contributed by atoms with Gasteiger partial charge in [-0.1, -0.05) is 0 Å². The highest BCUT2D eigenvalue weighted by Gasteiger charge is 2.10. The van der Waals surface area contributed by atoms with Crippen LogP contribution in [-0.4, -0.2) is 4.98 Å². The van der Waals surface area contributed by atoms with Crippen molar-refractivity contribution in [2.24, 2.45) is 5.73 Å². The highest BCUT2D eigenvalue weighted by Crippen LogP contribution is 2.25. The largest absolute Gasteiger partial charge is 0.488 e. The molecule has 0 spiro atoms. The fraction of sp³-hybridized carbons (Fsp3) is 0.250. The van der Waals surface area contributed by atoms with E-state index in [1.807, 2.05) is 0 Å². The highest BCUT2D eigenvalue weighted by molar-refractivity contribution is 7.09. The van der Waals surface area contributed by atoms with Gasteiger partial charge in [0.25, 0.3) is 0 Å². The quantitative estimate of drug-likeness (QED) is 0.910. The van der Waals surface area contributed by atoms with E-state index in [-0.39, 0.29) is 11.9 Å². The smallest absolute Gasteiger partial charge is 0.124 e. The molecule has 1 atom stereocenters. The number of hydrogen-bond acceptors (Lipinski definition) is 4. The zero-order valence-corrected chi connectivity index (χ0v) is 10.2. The first-order chi connectivity index (χ1) is 8.16. The molecular weight excluding hydrogens is 239 g/mol. The van der Waals surface area contributed by atoms with E-state index in [4.69, 9.17) is 10.5 Å². The van der Waals surface area contributed by atoms with Gasteiger partial charge in [0, 0.05) is 17.8 Å². The van der Waals surface area contributed by atoms with Crippen molar-refractivity contribution in [2.45, 2.75) is 19.6 Å². The van der Waals surface area contributed by atoms with E-state index in [1.54, 1.807) is 24.7 Å². The Morgan fingerprint density at radius 1 is 1.53 bits per heavy atom. The molecule has 0 radical (unpaired) electrons. The van der Waals surface area contributed by atoms with Crippen LogP contribution < -0.4 is 10.5 Å². The zero-order chi connectivity index (χ0) is 12.3. The summed E-state index contributed by atoms with van der Waals surface area (Å²) >= 11 is 1.52. The lowest BCUT2D eigenvalue weighted by Crippen LogP contribution is -2.08. The molecule has 0 aliphatic rings. The van der Waals surface area contributed by atoms with Gasteiger partial charge in [0.05, 0.1) is 10.4 Å². The van der Waals surface area contributed by atoms with Gasteiger partial charge in [0.1, 0.15) is 18.2 Å². The lowest BCUT2D eigenvalue weighted by atomic mass is 10.1. The summed E-state index contributed by atoms with van der Waals surface area (Å²) in [6.45, 7) is 2.23. The van der Waals surface area contributed by atoms with E-state index in [9.17, 15) is 4.39 Å². The zero-order valence-electron chi connectivity index (χ0n) is 9.39. The fourth-order valence-corrected chi connectivity index (χ4v) is 1.97. The Labute approximate surface area is 103 Å². The maximum absolute atomic E-state index is 13.1. The van der Waals surface area contributed by atoms with E-state index in [0.717, 1.165) is 4.88 Å². The van der Waals surface area contributed by atoms with Crippen molar-refractivity contribution in [3.63, 3.8) is 0 Å². The van der Waals surface area contributed by atoms with E-state index < -0.39 is 0 Å². The Bertz CT molecular complexity index is 485. The number of halogens is 1. The van der Waals surface area contributed by atoms with Crippen molar-refractivity contribution in [1.82, 2.24) is 4.98 Å². The minimum Gasteiger partial charge on any atom is -0.488 e. The number of nitrogens with two attached hydrogens (primary N) is 1. The van der Waals surface area contributed by atoms with Crippen LogP contribution in [0.1, 0.15) is 23.4 Å². The summed E-state index contributed by atoms with van der Waals surface area (Å²) in [6.07, 6.45) is 1.75. The van der Waals surface area contributed by atoms with E-state index in [1.165, 1.54) is 23.5 Å². The predicted molar refractivity (Wildman–Crippen MR) is 65.4 cm³/mol. The number of aromatic nitrogens is 1. The first-order valence-electron chi connectivity index (χ1n) is 5.22. The molecule has 1 heterocycles. The first kappa shape index (κ1) is 12.0. The molecule has 5 heteroatoms. The van der Waals surface area contributed by atoms with Gasteiger partial charge in [0.2, 0.25) is 0 Å². The van der Waals surface area contributed by atoms with E-state index in [2.05, 4.69) is 4.98 Å². The Hall–Kier alpha value is -1.46. The second kappa shape index (κ2) is 5.25. The summed E-state index contributed by atoms with van der Waals surface area (Å²) in [5.74, 6) is 0.317. The van der Waals surface area contributed by atoms with Crippen molar-refractivity contribution in [1.29, 1.82) is 0 Å². The van der Waals surface area contributed by atoms with Gasteiger partial charge < -0.3 is 10.5 Å². The number of rotatable bonds is 4. The third-order valence-electron chi connectivity index (χ3n) is 2.32. The van der Waals surface area contributed by atoms with E-state index >= 15 is 0 Å². The summed E-state index contributed by atoms with van der Waals surface area (Å²) in [5, 5.41) is 0. The molecule has 0 saturated carbocycles. The van der Waals surface area contributed by atoms with Crippen LogP contribution in [0, 0.1) is 5.82 Å². The molecule has 2 N–H and O–H groups in total. The number of hydrogen-bond donors (Lipinski definition) is 1. The second-order valence-corrected chi connectivity index (χ2v) is 4.70. The third-order valence-corrected chi connectivity index (χ3v) is 3.07. The molecular formula is C12H13FN2OS. The molecule has 2 aromatic rings. The molecule has 1 aromatic carbocycles. The van der Waals surface area contributed by atoms with Crippen LogP contribution in [0.4, 0.5) is 4.39 Å². The van der Waals surface area contributed by atoms with Crippen molar-refractivity contribution < 1.29 is 9.13 Å². The molecule has 2 rings (SSSR count). The number of benzene rings is 1. The second-order valence-electron chi connectivity index (χ2n) is 3.73. The van der Waals surface area contributed by atoms with Crippen molar-refractivity contribution in [2.75, 3.05) is 0 Å². The Kier molecular flexibility index (Phi) is 3.71. The highest BCUT2D eigenvalue weighted by atomic mass is 32.1. The lowest BCUT2D eigenvalue weighted by molar-refractivity contribution is 0.304. The Morgan fingerprint density at radius 2 is 2.35 bits per heavy atom. The van der Waals surface area contributed by atoms with E-state index in [0.29, 0.717) is 17.9 Å². The SMILES string of the molecule is C[C@H](N)c1cc(F)ccc1OCc1cncs1. The van der Waals surface area contributed by atoms with Gasteiger partial charge in [-0.25, -0.2) is 4.39 Å². The molecule has 3 nitrogen and oxygen atoms in total. The van der Waals surface area contributed by atoms with Crippen LogP contribution in [0.25, 0.3) is 0 Å². The van der Waals surface area contributed by atoms with Gasteiger partial charge in [-0.2, -0.15) is 0 Å². The monoisotopic (exact) mass is 252 g/mol. The van der Waals surface area contributed by atoms with Gasteiger partial charge in [-0.05, 0) is 25.1 Å². The molecule has 0 bridgehead atoms. The summed E-state index contributed by atoms with van der Waals surface area (Å²) in [5.41, 5.74) is 8.20. The van der Waals surface area contributed by atoms with Crippen molar-refractivity contribution in [3.05, 3.63) is 46.2 Å². The van der Waals surface area contributed by atoms with Crippen LogP contribution >= 0.6 is 11.3 Å². The average molecular weight is 252 g/mol. The van der Waals surface area contributed by atoms with Crippen LogP contribution in [0.3, 0.4) is 0 Å². The summed E-state index contributed by atoms with van der Waals surface area (Å²) in [6, 6.07) is 4.12. The van der Waals surface area contributed by atoms with Crippen molar-refractivity contribution in [3.8, 4) is 5.75 Å². The van der Waals surface area contributed by atoms with Crippen LogP contribution in [-0.2, 0) is 6.61 Å². The molecule has 0 unspecified atom stereocenters. The molecule has 0 amide bonds. The predicted octanol–water partition coefficient (Wildman–Crippen LogP) is 2.88. The van der Waals surface area contributed by atoms with Gasteiger partial charge in [0.15, 0.2) is 0 Å². The summed E-state index contributed by atoms with van der Waals surface area (Å²) in [4.78, 5) is 4.98. The number of ether oxygens (including phenoxy) is 1. The minimum atomic E-state index is -0.303. The Balaban J connectivity index is 2.14. The molecule has 0 aliphatic heterocycles. The molecule has 0 saturated heterocycles. The number of nitrogens with zero attached hydrogens (tertiary/aromatic N) is 1.